The lowest BCUT2D eigenvalue weighted by Crippen LogP contribution is -2.13. The van der Waals surface area contributed by atoms with E-state index in [1.165, 1.54) is 32.4 Å². The molecule has 17 aromatic rings. The van der Waals surface area contributed by atoms with Crippen LogP contribution in [0.5, 0.6) is 0 Å². The third-order valence-corrected chi connectivity index (χ3v) is 17.1. The molecule has 85 heavy (non-hydrogen) atoms. The zero-order valence-electron chi connectivity index (χ0n) is 46.1. The predicted octanol–water partition coefficient (Wildman–Crippen LogP) is 22.8. The van der Waals surface area contributed by atoms with Gasteiger partial charge in [0, 0.05) is 78.2 Å². The van der Waals surface area contributed by atoms with Crippen molar-refractivity contribution < 1.29 is 8.83 Å². The monoisotopic (exact) mass is 1090 g/mol. The Labute approximate surface area is 490 Å². The van der Waals surface area contributed by atoms with E-state index in [0.717, 1.165) is 128 Å². The van der Waals surface area contributed by atoms with Crippen LogP contribution in [0.3, 0.4) is 0 Å². The molecule has 14 aromatic carbocycles. The lowest BCUT2D eigenvalue weighted by molar-refractivity contribution is 0.668. The first-order chi connectivity index (χ1) is 42.1. The van der Waals surface area contributed by atoms with Gasteiger partial charge in [-0.15, -0.1) is 0 Å². The number of fused-ring (bicyclic) bond motifs is 12. The van der Waals surface area contributed by atoms with E-state index in [2.05, 4.69) is 312 Å². The van der Waals surface area contributed by atoms with Gasteiger partial charge in [-0.25, -0.2) is 0 Å². The third kappa shape index (κ3) is 8.24. The summed E-state index contributed by atoms with van der Waals surface area (Å²) in [5.74, 6) is 0. The highest BCUT2D eigenvalue weighted by molar-refractivity contribution is 6.13. The van der Waals surface area contributed by atoms with E-state index in [4.69, 9.17) is 8.83 Å². The zero-order valence-corrected chi connectivity index (χ0v) is 46.1. The first-order valence-electron chi connectivity index (χ1n) is 28.9. The molecule has 398 valence electrons. The Morgan fingerprint density at radius 3 is 1.48 bits per heavy atom. The first-order valence-corrected chi connectivity index (χ1v) is 28.9. The van der Waals surface area contributed by atoms with Gasteiger partial charge >= 0.3 is 0 Å². The predicted molar refractivity (Wildman–Crippen MR) is 356 cm³/mol. The Morgan fingerprint density at radius 2 is 0.706 bits per heavy atom. The second-order valence-corrected chi connectivity index (χ2v) is 22.1. The van der Waals surface area contributed by atoms with E-state index in [1.807, 2.05) is 12.1 Å². The minimum absolute atomic E-state index is 0.823. The molecular weight excluding hydrogens is 1030 g/mol. The van der Waals surface area contributed by atoms with Crippen LogP contribution in [0, 0.1) is 0 Å². The van der Waals surface area contributed by atoms with Crippen molar-refractivity contribution in [2.24, 2.45) is 0 Å². The molecule has 5 nitrogen and oxygen atoms in total. The lowest BCUT2D eigenvalue weighted by atomic mass is 9.97. The molecule has 0 aliphatic heterocycles. The molecule has 17 rings (SSSR count). The van der Waals surface area contributed by atoms with Crippen molar-refractivity contribution in [2.45, 2.75) is 0 Å². The summed E-state index contributed by atoms with van der Waals surface area (Å²) in [5.41, 5.74) is 19.6. The lowest BCUT2D eigenvalue weighted by Gasteiger charge is -2.30. The molecule has 0 unspecified atom stereocenters. The maximum atomic E-state index is 6.75. The highest BCUT2D eigenvalue weighted by Crippen LogP contribution is 2.47. The first kappa shape index (κ1) is 48.3. The van der Waals surface area contributed by atoms with E-state index in [1.54, 1.807) is 0 Å². The molecule has 0 aliphatic carbocycles. The number of anilines is 6. The Morgan fingerprint density at radius 1 is 0.212 bits per heavy atom. The van der Waals surface area contributed by atoms with E-state index in [9.17, 15) is 0 Å². The van der Waals surface area contributed by atoms with Gasteiger partial charge in [-0.1, -0.05) is 182 Å². The topological polar surface area (TPSA) is 37.7 Å². The van der Waals surface area contributed by atoms with E-state index < -0.39 is 0 Å². The van der Waals surface area contributed by atoms with E-state index in [-0.39, 0.29) is 0 Å². The summed E-state index contributed by atoms with van der Waals surface area (Å²) < 4.78 is 15.7. The van der Waals surface area contributed by atoms with Crippen LogP contribution in [0.2, 0.25) is 0 Å². The quantitative estimate of drug-likeness (QED) is 0.128. The van der Waals surface area contributed by atoms with Gasteiger partial charge in [-0.2, -0.15) is 0 Å². The van der Waals surface area contributed by atoms with Crippen LogP contribution in [0.4, 0.5) is 34.1 Å². The number of aromatic nitrogens is 1. The summed E-state index contributed by atoms with van der Waals surface area (Å²) in [6.07, 6.45) is 0. The van der Waals surface area contributed by atoms with E-state index in [0.29, 0.717) is 0 Å². The number of rotatable bonds is 10. The van der Waals surface area contributed by atoms with Gasteiger partial charge in [-0.05, 0) is 176 Å². The normalized spacial score (nSPS) is 11.8. The third-order valence-electron chi connectivity index (χ3n) is 17.1. The molecule has 0 atom stereocenters. The second kappa shape index (κ2) is 19.7. The standard InChI is InChI=1S/C80H51N3O2/c1-4-17-52(18-5-1)58-43-59(53-19-6-2-7-20-53)46-66(45-58)82(64-37-42-79-74(50-64)73-47-55(34-41-78(73)84-79)56-33-38-70-69-27-12-14-29-75(69)83(76(70)48-56)60-22-8-3-9-23-60)62-25-16-24-61(49-62)81(65-36-40-72-71-28-13-15-30-77(71)85-80(72)51-65)63-35-39-68-57(44-63)32-31-54-21-10-11-26-67(54)68/h1-51H. The van der Waals surface area contributed by atoms with Crippen molar-refractivity contribution in [3.63, 3.8) is 0 Å². The van der Waals surface area contributed by atoms with Crippen LogP contribution < -0.4 is 9.80 Å². The minimum atomic E-state index is 0.823. The number of furan rings is 2. The van der Waals surface area contributed by atoms with Gasteiger partial charge in [0.1, 0.15) is 22.3 Å². The number of hydrogen-bond acceptors (Lipinski definition) is 4. The summed E-state index contributed by atoms with van der Waals surface area (Å²) in [5, 5.41) is 11.5. The molecular formula is C80H51N3O2. The average Bonchev–Trinajstić information content (AvgIpc) is 4.31. The second-order valence-electron chi connectivity index (χ2n) is 22.1. The highest BCUT2D eigenvalue weighted by Gasteiger charge is 2.23. The molecule has 5 heteroatoms. The van der Waals surface area contributed by atoms with Gasteiger partial charge in [0.05, 0.1) is 11.0 Å². The van der Waals surface area contributed by atoms with Gasteiger partial charge < -0.3 is 23.2 Å². The molecule has 0 aliphatic rings. The Hall–Kier alpha value is -11.4. The van der Waals surface area contributed by atoms with Crippen LogP contribution in [0.15, 0.2) is 318 Å². The summed E-state index contributed by atoms with van der Waals surface area (Å²) >= 11 is 0. The smallest absolute Gasteiger partial charge is 0.137 e. The van der Waals surface area contributed by atoms with Crippen molar-refractivity contribution in [2.75, 3.05) is 9.80 Å². The molecule has 0 amide bonds. The largest absolute Gasteiger partial charge is 0.456 e. The van der Waals surface area contributed by atoms with Gasteiger partial charge in [0.25, 0.3) is 0 Å². The Balaban J connectivity index is 0.863. The van der Waals surface area contributed by atoms with Gasteiger partial charge in [0.2, 0.25) is 0 Å². The molecule has 0 N–H and O–H groups in total. The zero-order chi connectivity index (χ0) is 56.0. The number of nitrogens with zero attached hydrogens (tertiary/aromatic N) is 3. The Kier molecular flexibility index (Phi) is 11.2. The maximum Gasteiger partial charge on any atom is 0.137 e. The molecule has 0 radical (unpaired) electrons. The molecule has 0 bridgehead atoms. The van der Waals surface area contributed by atoms with Crippen LogP contribution in [0.1, 0.15) is 0 Å². The van der Waals surface area contributed by atoms with Crippen LogP contribution in [-0.2, 0) is 0 Å². The van der Waals surface area contributed by atoms with Crippen LogP contribution >= 0.6 is 0 Å². The van der Waals surface area contributed by atoms with Crippen molar-refractivity contribution in [3.8, 4) is 39.1 Å². The molecule has 0 saturated heterocycles. The fourth-order valence-electron chi connectivity index (χ4n) is 13.1. The van der Waals surface area contributed by atoms with Gasteiger partial charge in [0.15, 0.2) is 0 Å². The van der Waals surface area contributed by atoms with Crippen molar-refractivity contribution in [3.05, 3.63) is 309 Å². The van der Waals surface area contributed by atoms with Crippen molar-refractivity contribution in [1.29, 1.82) is 0 Å². The van der Waals surface area contributed by atoms with E-state index >= 15 is 0 Å². The van der Waals surface area contributed by atoms with Crippen LogP contribution in [-0.4, -0.2) is 4.57 Å². The van der Waals surface area contributed by atoms with Gasteiger partial charge in [-0.3, -0.25) is 0 Å². The molecule has 0 saturated carbocycles. The summed E-state index contributed by atoms with van der Waals surface area (Å²) in [6, 6.07) is 112. The number of benzene rings is 14. The fraction of sp³-hybridized carbons (Fsp3) is 0. The van der Waals surface area contributed by atoms with Crippen LogP contribution in [0.25, 0.3) is 126 Å². The SMILES string of the molecule is c1ccc(-c2cc(-c3ccccc3)cc(N(c3cccc(N(c4ccc5c(ccc6ccccc65)c4)c4ccc5c(c4)oc4ccccc45)c3)c3ccc4oc5ccc(-c6ccc7c8ccccc8n(-c8ccccc8)c7c6)cc5c4c3)c2)cc1. The fourth-order valence-corrected chi connectivity index (χ4v) is 13.1. The average molecular weight is 1090 g/mol. The minimum Gasteiger partial charge on any atom is -0.456 e. The summed E-state index contributed by atoms with van der Waals surface area (Å²) in [4.78, 5) is 4.78. The summed E-state index contributed by atoms with van der Waals surface area (Å²) in [7, 11) is 0. The highest BCUT2D eigenvalue weighted by atomic mass is 16.3. The molecule has 0 spiro atoms. The van der Waals surface area contributed by atoms with Crippen molar-refractivity contribution in [1.82, 2.24) is 4.57 Å². The number of hydrogen-bond donors (Lipinski definition) is 0. The number of para-hydroxylation sites is 3. The molecule has 0 fully saturated rings. The maximum absolute atomic E-state index is 6.75. The Bertz CT molecular complexity index is 5390. The molecule has 3 aromatic heterocycles. The van der Waals surface area contributed by atoms with Crippen molar-refractivity contribution >= 4 is 121 Å². The summed E-state index contributed by atoms with van der Waals surface area (Å²) in [6.45, 7) is 0. The molecule has 3 heterocycles.